The van der Waals surface area contributed by atoms with E-state index in [1.165, 1.54) is 0 Å². The Morgan fingerprint density at radius 1 is 0.939 bits per heavy atom. The summed E-state index contributed by atoms with van der Waals surface area (Å²) in [5.41, 5.74) is 0.574. The van der Waals surface area contributed by atoms with E-state index >= 15 is 0 Å². The molecular weight excluding hydrogens is 464 g/mol. The molecule has 1 aromatic carbocycles. The van der Waals surface area contributed by atoms with E-state index in [4.69, 9.17) is 0 Å². The number of piperazine rings is 1. The molecule has 3 fully saturated rings. The molecule has 11 heteroatoms. The summed E-state index contributed by atoms with van der Waals surface area (Å²) in [6.45, 7) is 4.33. The minimum atomic E-state index is -3.50. The lowest BCUT2D eigenvalue weighted by Gasteiger charge is -2.37. The van der Waals surface area contributed by atoms with Crippen molar-refractivity contribution in [1.82, 2.24) is 14.1 Å². The summed E-state index contributed by atoms with van der Waals surface area (Å²) < 4.78 is 50.8. The minimum absolute atomic E-state index is 0.107. The van der Waals surface area contributed by atoms with Crippen molar-refractivity contribution in [2.24, 2.45) is 0 Å². The number of sulfonamides is 1. The zero-order valence-corrected chi connectivity index (χ0v) is 20.6. The SMILES string of the molecule is O=C(CN1CCN(C2CCS(=O)(=O)C2)CC1)Nc1ccc(S(=O)(=O)N2CCCCCC2)cc1. The number of hydrogen-bond donors (Lipinski definition) is 1. The summed E-state index contributed by atoms with van der Waals surface area (Å²) in [5.74, 6) is 0.380. The van der Waals surface area contributed by atoms with Crippen LogP contribution in [0.25, 0.3) is 0 Å². The second-order valence-electron chi connectivity index (χ2n) is 9.26. The van der Waals surface area contributed by atoms with Crippen molar-refractivity contribution in [2.45, 2.75) is 43.0 Å². The Balaban J connectivity index is 1.25. The van der Waals surface area contributed by atoms with Crippen LogP contribution in [0.3, 0.4) is 0 Å². The molecule has 0 radical (unpaired) electrons. The summed E-state index contributed by atoms with van der Waals surface area (Å²) in [7, 11) is -6.40. The molecule has 3 heterocycles. The van der Waals surface area contributed by atoms with Crippen LogP contribution in [0.4, 0.5) is 5.69 Å². The summed E-state index contributed by atoms with van der Waals surface area (Å²) in [4.78, 5) is 17.0. The minimum Gasteiger partial charge on any atom is -0.325 e. The van der Waals surface area contributed by atoms with Crippen LogP contribution in [0, 0.1) is 0 Å². The fourth-order valence-corrected chi connectivity index (χ4v) is 8.17. The number of rotatable bonds is 6. The molecular formula is C22H34N4O5S2. The second-order valence-corrected chi connectivity index (χ2v) is 13.4. The van der Waals surface area contributed by atoms with Crippen LogP contribution in [0.1, 0.15) is 32.1 Å². The molecule has 0 spiro atoms. The molecule has 3 saturated heterocycles. The molecule has 0 bridgehead atoms. The predicted molar refractivity (Wildman–Crippen MR) is 127 cm³/mol. The van der Waals surface area contributed by atoms with Gasteiger partial charge in [0.05, 0.1) is 22.9 Å². The van der Waals surface area contributed by atoms with E-state index in [1.807, 2.05) is 0 Å². The van der Waals surface area contributed by atoms with E-state index in [0.29, 0.717) is 25.2 Å². The molecule has 1 atom stereocenters. The number of carbonyl (C=O) groups excluding carboxylic acids is 1. The van der Waals surface area contributed by atoms with Crippen LogP contribution in [0.15, 0.2) is 29.2 Å². The van der Waals surface area contributed by atoms with E-state index < -0.39 is 19.9 Å². The normalized spacial score (nSPS) is 25.5. The second kappa shape index (κ2) is 10.4. The third-order valence-corrected chi connectivity index (χ3v) is 10.5. The number of nitrogens with one attached hydrogen (secondary N) is 1. The van der Waals surface area contributed by atoms with Crippen molar-refractivity contribution in [3.63, 3.8) is 0 Å². The summed E-state index contributed by atoms with van der Waals surface area (Å²) in [6.07, 6.45) is 4.61. The summed E-state index contributed by atoms with van der Waals surface area (Å²) >= 11 is 0. The average molecular weight is 499 g/mol. The number of carbonyl (C=O) groups is 1. The van der Waals surface area contributed by atoms with Gasteiger partial charge in [-0.1, -0.05) is 12.8 Å². The molecule has 33 heavy (non-hydrogen) atoms. The molecule has 0 saturated carbocycles. The average Bonchev–Trinajstić information content (AvgIpc) is 2.97. The fourth-order valence-electron chi connectivity index (χ4n) is 4.89. The van der Waals surface area contributed by atoms with Gasteiger partial charge in [-0.15, -0.1) is 0 Å². The Hall–Kier alpha value is -1.53. The van der Waals surface area contributed by atoms with Crippen LogP contribution in [0.5, 0.6) is 0 Å². The van der Waals surface area contributed by atoms with Gasteiger partial charge in [-0.25, -0.2) is 16.8 Å². The maximum absolute atomic E-state index is 12.9. The lowest BCUT2D eigenvalue weighted by Crippen LogP contribution is -2.52. The van der Waals surface area contributed by atoms with E-state index in [2.05, 4.69) is 15.1 Å². The highest BCUT2D eigenvalue weighted by molar-refractivity contribution is 7.91. The van der Waals surface area contributed by atoms with Crippen molar-refractivity contribution >= 4 is 31.5 Å². The van der Waals surface area contributed by atoms with Crippen molar-refractivity contribution < 1.29 is 21.6 Å². The van der Waals surface area contributed by atoms with Gasteiger partial charge in [0.25, 0.3) is 0 Å². The Morgan fingerprint density at radius 2 is 1.58 bits per heavy atom. The quantitative estimate of drug-likeness (QED) is 0.623. The Kier molecular flexibility index (Phi) is 7.74. The number of nitrogens with zero attached hydrogens (tertiary/aromatic N) is 3. The van der Waals surface area contributed by atoms with Gasteiger partial charge in [0, 0.05) is 51.0 Å². The lowest BCUT2D eigenvalue weighted by molar-refractivity contribution is -0.117. The molecule has 1 amide bonds. The first-order chi connectivity index (χ1) is 15.7. The number of anilines is 1. The standard InChI is InChI=1S/C22H34N4O5S2/c27-22(17-24-12-14-25(15-13-24)20-9-16-32(28,29)18-20)23-19-5-7-21(8-6-19)33(30,31)26-10-3-1-2-4-11-26/h5-8,20H,1-4,9-18H2,(H,23,27). The molecule has 184 valence electrons. The highest BCUT2D eigenvalue weighted by Crippen LogP contribution is 2.22. The molecule has 1 N–H and O–H groups in total. The fraction of sp³-hybridized carbons (Fsp3) is 0.682. The third-order valence-electron chi connectivity index (χ3n) is 6.84. The number of hydrogen-bond acceptors (Lipinski definition) is 7. The summed E-state index contributed by atoms with van der Waals surface area (Å²) in [5, 5.41) is 2.85. The first kappa shape index (κ1) is 24.6. The van der Waals surface area contributed by atoms with Crippen LogP contribution in [-0.2, 0) is 24.7 Å². The van der Waals surface area contributed by atoms with Gasteiger partial charge >= 0.3 is 0 Å². The zero-order valence-electron chi connectivity index (χ0n) is 19.0. The monoisotopic (exact) mass is 498 g/mol. The Labute approximate surface area is 197 Å². The molecule has 0 aliphatic carbocycles. The molecule has 9 nitrogen and oxygen atoms in total. The molecule has 3 aliphatic rings. The maximum atomic E-state index is 12.9. The van der Waals surface area contributed by atoms with Gasteiger partial charge in [0.1, 0.15) is 0 Å². The van der Waals surface area contributed by atoms with Crippen molar-refractivity contribution in [3.05, 3.63) is 24.3 Å². The Bertz CT molecular complexity index is 1030. The van der Waals surface area contributed by atoms with Gasteiger partial charge in [-0.05, 0) is 43.5 Å². The first-order valence-electron chi connectivity index (χ1n) is 11.8. The van der Waals surface area contributed by atoms with Crippen LogP contribution in [0.2, 0.25) is 0 Å². The lowest BCUT2D eigenvalue weighted by atomic mass is 10.2. The van der Waals surface area contributed by atoms with Gasteiger partial charge in [-0.2, -0.15) is 4.31 Å². The van der Waals surface area contributed by atoms with Crippen molar-refractivity contribution in [1.29, 1.82) is 0 Å². The highest BCUT2D eigenvalue weighted by atomic mass is 32.2. The smallest absolute Gasteiger partial charge is 0.243 e. The van der Waals surface area contributed by atoms with Crippen LogP contribution < -0.4 is 5.32 Å². The Morgan fingerprint density at radius 3 is 2.15 bits per heavy atom. The number of sulfone groups is 1. The van der Waals surface area contributed by atoms with E-state index in [-0.39, 0.29) is 34.9 Å². The van der Waals surface area contributed by atoms with Gasteiger partial charge in [0.2, 0.25) is 15.9 Å². The molecule has 3 aliphatic heterocycles. The molecule has 4 rings (SSSR count). The molecule has 1 unspecified atom stereocenters. The molecule has 0 aromatic heterocycles. The van der Waals surface area contributed by atoms with Gasteiger partial charge in [-0.3, -0.25) is 14.6 Å². The topological polar surface area (TPSA) is 107 Å². The maximum Gasteiger partial charge on any atom is 0.243 e. The first-order valence-corrected chi connectivity index (χ1v) is 15.1. The van der Waals surface area contributed by atoms with Crippen molar-refractivity contribution in [2.75, 3.05) is 62.6 Å². The van der Waals surface area contributed by atoms with Gasteiger partial charge in [0.15, 0.2) is 9.84 Å². The third kappa shape index (κ3) is 6.33. The predicted octanol–water partition coefficient (Wildman–Crippen LogP) is 0.995. The number of benzene rings is 1. The summed E-state index contributed by atoms with van der Waals surface area (Å²) in [6, 6.07) is 6.51. The van der Waals surface area contributed by atoms with Crippen molar-refractivity contribution in [3.8, 4) is 0 Å². The van der Waals surface area contributed by atoms with E-state index in [0.717, 1.165) is 51.9 Å². The molecule has 1 aromatic rings. The van der Waals surface area contributed by atoms with E-state index in [9.17, 15) is 21.6 Å². The van der Waals surface area contributed by atoms with Gasteiger partial charge < -0.3 is 5.32 Å². The zero-order chi connectivity index (χ0) is 23.5. The van der Waals surface area contributed by atoms with Crippen LogP contribution >= 0.6 is 0 Å². The number of amides is 1. The van der Waals surface area contributed by atoms with Crippen LogP contribution in [-0.4, -0.2) is 100 Å². The van der Waals surface area contributed by atoms with E-state index in [1.54, 1.807) is 28.6 Å². The highest BCUT2D eigenvalue weighted by Gasteiger charge is 2.34. The largest absolute Gasteiger partial charge is 0.325 e.